The van der Waals surface area contributed by atoms with Crippen LogP contribution in [-0.4, -0.2) is 45.5 Å². The van der Waals surface area contributed by atoms with Crippen LogP contribution >= 0.6 is 0 Å². The maximum atomic E-state index is 10.8. The van der Waals surface area contributed by atoms with Gasteiger partial charge in [0.25, 0.3) is 0 Å². The third-order valence-corrected chi connectivity index (χ3v) is 6.55. The average Bonchev–Trinajstić information content (AvgIpc) is 2.81. The monoisotopic (exact) mass is 361 g/mol. The molecule has 26 heavy (non-hydrogen) atoms. The molecule has 1 aliphatic heterocycles. The second-order valence-corrected chi connectivity index (χ2v) is 9.91. The lowest BCUT2D eigenvalue weighted by atomic mass is 9.65. The van der Waals surface area contributed by atoms with Crippen molar-refractivity contribution < 1.29 is 15.3 Å². The summed E-state index contributed by atoms with van der Waals surface area (Å²) in [6.07, 6.45) is 2.40. The molecular formula is C22H35NO3. The van der Waals surface area contributed by atoms with Crippen LogP contribution in [0, 0.1) is 16.7 Å². The lowest BCUT2D eigenvalue weighted by Gasteiger charge is -2.40. The van der Waals surface area contributed by atoms with Gasteiger partial charge in [-0.3, -0.25) is 4.90 Å². The predicted octanol–water partition coefficient (Wildman–Crippen LogP) is 3.11. The summed E-state index contributed by atoms with van der Waals surface area (Å²) in [7, 11) is 0. The van der Waals surface area contributed by atoms with Gasteiger partial charge in [-0.1, -0.05) is 52.0 Å². The molecule has 146 valence electrons. The van der Waals surface area contributed by atoms with Gasteiger partial charge < -0.3 is 15.3 Å². The minimum absolute atomic E-state index is 0.0000181. The van der Waals surface area contributed by atoms with E-state index >= 15 is 0 Å². The smallest absolute Gasteiger partial charge is 0.0840 e. The van der Waals surface area contributed by atoms with Crippen LogP contribution in [0.3, 0.4) is 0 Å². The highest BCUT2D eigenvalue weighted by molar-refractivity contribution is 5.24. The summed E-state index contributed by atoms with van der Waals surface area (Å²) >= 11 is 0. The number of rotatable bonds is 6. The summed E-state index contributed by atoms with van der Waals surface area (Å²) in [5, 5.41) is 30.6. The first-order chi connectivity index (χ1) is 12.1. The highest BCUT2D eigenvalue weighted by atomic mass is 16.3. The molecule has 1 heterocycles. The SMILES string of the molecule is C[C@@H]([C@H](O)c1ccc(CO)cc1)[C@@H](O)CN1CC2(C)CC1CC(C)(C)C2. The Balaban J connectivity index is 1.63. The van der Waals surface area contributed by atoms with E-state index in [4.69, 9.17) is 5.11 Å². The van der Waals surface area contributed by atoms with Gasteiger partial charge in [0.2, 0.25) is 0 Å². The van der Waals surface area contributed by atoms with Crippen molar-refractivity contribution in [3.05, 3.63) is 35.4 Å². The van der Waals surface area contributed by atoms with Crippen molar-refractivity contribution in [2.24, 2.45) is 16.7 Å². The minimum atomic E-state index is -0.702. The molecule has 2 aliphatic rings. The first-order valence-corrected chi connectivity index (χ1v) is 9.92. The van der Waals surface area contributed by atoms with Crippen molar-refractivity contribution in [3.63, 3.8) is 0 Å². The van der Waals surface area contributed by atoms with E-state index in [2.05, 4.69) is 25.7 Å². The molecule has 5 atom stereocenters. The van der Waals surface area contributed by atoms with Crippen LogP contribution in [-0.2, 0) is 6.61 Å². The van der Waals surface area contributed by atoms with Crippen LogP contribution in [0.25, 0.3) is 0 Å². The molecule has 0 amide bonds. The van der Waals surface area contributed by atoms with Gasteiger partial charge in [0.15, 0.2) is 0 Å². The first-order valence-electron chi connectivity index (χ1n) is 9.92. The van der Waals surface area contributed by atoms with Crippen LogP contribution in [0.5, 0.6) is 0 Å². The van der Waals surface area contributed by atoms with Crippen molar-refractivity contribution in [3.8, 4) is 0 Å². The Morgan fingerprint density at radius 2 is 1.77 bits per heavy atom. The summed E-state index contributed by atoms with van der Waals surface area (Å²) < 4.78 is 0. The molecule has 1 aromatic rings. The molecule has 1 aromatic carbocycles. The van der Waals surface area contributed by atoms with Gasteiger partial charge in [-0.2, -0.15) is 0 Å². The van der Waals surface area contributed by atoms with Crippen molar-refractivity contribution in [1.29, 1.82) is 0 Å². The summed E-state index contributed by atoms with van der Waals surface area (Å²) in [4.78, 5) is 2.46. The van der Waals surface area contributed by atoms with E-state index in [1.165, 1.54) is 19.3 Å². The fourth-order valence-electron chi connectivity index (χ4n) is 5.53. The molecule has 4 heteroatoms. The van der Waals surface area contributed by atoms with E-state index < -0.39 is 12.2 Å². The molecule has 0 spiro atoms. The number of nitrogens with zero attached hydrogens (tertiary/aromatic N) is 1. The molecule has 1 saturated heterocycles. The van der Waals surface area contributed by atoms with E-state index in [0.717, 1.165) is 17.7 Å². The molecule has 2 bridgehead atoms. The molecule has 4 nitrogen and oxygen atoms in total. The molecular weight excluding hydrogens is 326 g/mol. The maximum Gasteiger partial charge on any atom is 0.0840 e. The van der Waals surface area contributed by atoms with Crippen LogP contribution in [0.2, 0.25) is 0 Å². The van der Waals surface area contributed by atoms with Gasteiger partial charge in [-0.05, 0) is 41.2 Å². The lowest BCUT2D eigenvalue weighted by molar-refractivity contribution is -0.00220. The zero-order chi connectivity index (χ0) is 19.1. The second-order valence-electron chi connectivity index (χ2n) is 9.91. The average molecular weight is 362 g/mol. The highest BCUT2D eigenvalue weighted by Crippen LogP contribution is 2.52. The van der Waals surface area contributed by atoms with Crippen molar-refractivity contribution in [2.45, 2.75) is 71.8 Å². The van der Waals surface area contributed by atoms with Crippen molar-refractivity contribution in [2.75, 3.05) is 13.1 Å². The third-order valence-electron chi connectivity index (χ3n) is 6.55. The number of aliphatic hydroxyl groups excluding tert-OH is 3. The zero-order valence-electron chi connectivity index (χ0n) is 16.7. The van der Waals surface area contributed by atoms with Crippen molar-refractivity contribution in [1.82, 2.24) is 4.90 Å². The number of β-amino-alcohol motifs (C(OH)–C–C–N with tert-alkyl or cyclic N) is 1. The summed E-state index contributed by atoms with van der Waals surface area (Å²) in [6.45, 7) is 10.7. The summed E-state index contributed by atoms with van der Waals surface area (Å²) in [5.74, 6) is -0.240. The van der Waals surface area contributed by atoms with Gasteiger partial charge in [0.1, 0.15) is 0 Å². The number of hydrogen-bond donors (Lipinski definition) is 3. The van der Waals surface area contributed by atoms with Crippen LogP contribution < -0.4 is 0 Å². The number of benzene rings is 1. The molecule has 0 radical (unpaired) electrons. The Hall–Kier alpha value is -0.940. The van der Waals surface area contributed by atoms with E-state index in [0.29, 0.717) is 23.4 Å². The maximum absolute atomic E-state index is 10.8. The fourth-order valence-corrected chi connectivity index (χ4v) is 5.53. The quantitative estimate of drug-likeness (QED) is 0.728. The Bertz CT molecular complexity index is 614. The molecule has 3 rings (SSSR count). The van der Waals surface area contributed by atoms with Gasteiger partial charge in [-0.25, -0.2) is 0 Å². The number of hydrogen-bond acceptors (Lipinski definition) is 4. The Morgan fingerprint density at radius 3 is 2.38 bits per heavy atom. The number of aliphatic hydroxyl groups is 3. The topological polar surface area (TPSA) is 63.9 Å². The van der Waals surface area contributed by atoms with Gasteiger partial charge >= 0.3 is 0 Å². The third kappa shape index (κ3) is 4.14. The molecule has 1 aliphatic carbocycles. The van der Waals surface area contributed by atoms with Gasteiger partial charge in [-0.15, -0.1) is 0 Å². The van der Waals surface area contributed by atoms with Gasteiger partial charge in [0, 0.05) is 25.0 Å². The normalized spacial score (nSPS) is 31.6. The Labute approximate surface area is 157 Å². The lowest BCUT2D eigenvalue weighted by Crippen LogP contribution is -2.41. The first kappa shape index (κ1) is 19.8. The van der Waals surface area contributed by atoms with E-state index in [1.807, 2.05) is 31.2 Å². The second kappa shape index (κ2) is 7.23. The van der Waals surface area contributed by atoms with E-state index in [-0.39, 0.29) is 12.5 Å². The number of fused-ring (bicyclic) bond motifs is 2. The molecule has 2 unspecified atom stereocenters. The van der Waals surface area contributed by atoms with Crippen LogP contribution in [0.1, 0.15) is 64.2 Å². The van der Waals surface area contributed by atoms with Crippen LogP contribution in [0.4, 0.5) is 0 Å². The fraction of sp³-hybridized carbons (Fsp3) is 0.727. The number of likely N-dealkylation sites (tertiary alicyclic amines) is 1. The molecule has 0 aromatic heterocycles. The summed E-state index contributed by atoms with van der Waals surface area (Å²) in [5.41, 5.74) is 2.35. The minimum Gasteiger partial charge on any atom is -0.392 e. The Kier molecular flexibility index (Phi) is 5.51. The molecule has 2 fully saturated rings. The largest absolute Gasteiger partial charge is 0.392 e. The summed E-state index contributed by atoms with van der Waals surface area (Å²) in [6, 6.07) is 7.87. The van der Waals surface area contributed by atoms with Crippen LogP contribution in [0.15, 0.2) is 24.3 Å². The Morgan fingerprint density at radius 1 is 1.12 bits per heavy atom. The van der Waals surface area contributed by atoms with Gasteiger partial charge in [0.05, 0.1) is 18.8 Å². The standard InChI is InChI=1S/C22H35NO3/c1-15(20(26)17-7-5-16(12-24)6-8-17)19(25)11-23-14-22(4)10-18(23)9-21(2,3)13-22/h5-8,15,18-20,24-26H,9-14H2,1-4H3/t15-,18?,19+,20+,22?/m1/s1. The highest BCUT2D eigenvalue weighted by Gasteiger charge is 2.49. The molecule has 1 saturated carbocycles. The zero-order valence-corrected chi connectivity index (χ0v) is 16.7. The molecule has 3 N–H and O–H groups in total. The van der Waals surface area contributed by atoms with E-state index in [9.17, 15) is 10.2 Å². The van der Waals surface area contributed by atoms with E-state index in [1.54, 1.807) is 0 Å². The van der Waals surface area contributed by atoms with Crippen molar-refractivity contribution >= 4 is 0 Å². The predicted molar refractivity (Wildman–Crippen MR) is 104 cm³/mol.